The topological polar surface area (TPSA) is 29.1 Å². The highest BCUT2D eigenvalue weighted by molar-refractivity contribution is 6.42. The van der Waals surface area contributed by atoms with Crippen molar-refractivity contribution < 1.29 is 4.79 Å². The molecule has 0 atom stereocenters. The fourth-order valence-electron chi connectivity index (χ4n) is 0.837. The van der Waals surface area contributed by atoms with Gasteiger partial charge in [0.05, 0.1) is 10.0 Å². The molecule has 0 aliphatic heterocycles. The summed E-state index contributed by atoms with van der Waals surface area (Å²) in [5.74, 6) is 0. The van der Waals surface area contributed by atoms with Crippen LogP contribution in [-0.4, -0.2) is 6.41 Å². The number of hydrogen-bond donors (Lipinski definition) is 1. The quantitative estimate of drug-likeness (QED) is 0.751. The van der Waals surface area contributed by atoms with Crippen molar-refractivity contribution in [2.45, 2.75) is 6.54 Å². The van der Waals surface area contributed by atoms with Crippen molar-refractivity contribution in [2.24, 2.45) is 0 Å². The van der Waals surface area contributed by atoms with Gasteiger partial charge in [0.2, 0.25) is 6.41 Å². The van der Waals surface area contributed by atoms with Gasteiger partial charge < -0.3 is 5.32 Å². The molecule has 1 rings (SSSR count). The lowest BCUT2D eigenvalue weighted by Gasteiger charge is -2.03. The van der Waals surface area contributed by atoms with Crippen LogP contribution in [0.15, 0.2) is 18.2 Å². The van der Waals surface area contributed by atoms with Crippen LogP contribution in [0.5, 0.6) is 0 Å². The molecule has 0 heterocycles. The van der Waals surface area contributed by atoms with E-state index in [4.69, 9.17) is 23.2 Å². The molecule has 64 valence electrons. The average molecular weight is 204 g/mol. The van der Waals surface area contributed by atoms with Crippen LogP contribution in [0.2, 0.25) is 10.0 Å². The molecule has 0 radical (unpaired) electrons. The van der Waals surface area contributed by atoms with E-state index >= 15 is 0 Å². The smallest absolute Gasteiger partial charge is 0.207 e. The van der Waals surface area contributed by atoms with Crippen molar-refractivity contribution in [1.82, 2.24) is 5.32 Å². The molecule has 0 bridgehead atoms. The van der Waals surface area contributed by atoms with Gasteiger partial charge in [-0.15, -0.1) is 0 Å². The summed E-state index contributed by atoms with van der Waals surface area (Å²) < 4.78 is 0. The van der Waals surface area contributed by atoms with Gasteiger partial charge in [-0.1, -0.05) is 35.3 Å². The lowest BCUT2D eigenvalue weighted by Crippen LogP contribution is -2.09. The molecule has 12 heavy (non-hydrogen) atoms. The Morgan fingerprint density at radius 1 is 1.42 bits per heavy atom. The van der Waals surface area contributed by atoms with E-state index in [0.29, 0.717) is 23.0 Å². The zero-order valence-corrected chi connectivity index (χ0v) is 7.69. The second-order valence-electron chi connectivity index (χ2n) is 2.21. The molecule has 0 aliphatic rings. The minimum Gasteiger partial charge on any atom is -0.355 e. The fraction of sp³-hybridized carbons (Fsp3) is 0.125. The summed E-state index contributed by atoms with van der Waals surface area (Å²) in [7, 11) is 0. The minimum atomic E-state index is 0.406. The number of hydrogen-bond acceptors (Lipinski definition) is 1. The van der Waals surface area contributed by atoms with Crippen LogP contribution >= 0.6 is 23.2 Å². The number of rotatable bonds is 3. The first-order valence-electron chi connectivity index (χ1n) is 3.35. The Balaban J connectivity index is 2.84. The molecule has 0 aromatic heterocycles. The number of carbonyl (C=O) groups excluding carboxylic acids is 1. The van der Waals surface area contributed by atoms with Crippen molar-refractivity contribution in [3.05, 3.63) is 33.8 Å². The third kappa shape index (κ3) is 2.13. The monoisotopic (exact) mass is 203 g/mol. The van der Waals surface area contributed by atoms with E-state index < -0.39 is 0 Å². The van der Waals surface area contributed by atoms with Gasteiger partial charge in [-0.2, -0.15) is 0 Å². The van der Waals surface area contributed by atoms with Crippen LogP contribution in [0.4, 0.5) is 0 Å². The van der Waals surface area contributed by atoms with E-state index in [1.807, 2.05) is 6.07 Å². The van der Waals surface area contributed by atoms with E-state index in [1.54, 1.807) is 12.1 Å². The molecule has 0 fully saturated rings. The lowest BCUT2D eigenvalue weighted by atomic mass is 10.2. The first-order chi connectivity index (χ1) is 5.75. The second-order valence-corrected chi connectivity index (χ2v) is 3.00. The predicted molar refractivity (Wildman–Crippen MR) is 49.4 cm³/mol. The molecule has 1 N–H and O–H groups in total. The molecule has 1 aromatic carbocycles. The standard InChI is InChI=1S/C8H7Cl2NO/c9-7-3-1-2-6(8(7)10)4-11-5-12/h1-3,5H,4H2,(H,11,12). The summed E-state index contributed by atoms with van der Waals surface area (Å²) in [4.78, 5) is 9.99. The van der Waals surface area contributed by atoms with Crippen molar-refractivity contribution in [3.8, 4) is 0 Å². The van der Waals surface area contributed by atoms with E-state index in [-0.39, 0.29) is 0 Å². The molecule has 2 nitrogen and oxygen atoms in total. The first kappa shape index (κ1) is 9.36. The van der Waals surface area contributed by atoms with Gasteiger partial charge in [-0.25, -0.2) is 0 Å². The zero-order valence-electron chi connectivity index (χ0n) is 6.18. The number of benzene rings is 1. The Kier molecular flexibility index (Phi) is 3.38. The summed E-state index contributed by atoms with van der Waals surface area (Å²) in [5, 5.41) is 3.50. The van der Waals surface area contributed by atoms with Crippen molar-refractivity contribution in [1.29, 1.82) is 0 Å². The molecule has 0 spiro atoms. The van der Waals surface area contributed by atoms with Crippen molar-refractivity contribution in [2.75, 3.05) is 0 Å². The molecule has 0 saturated heterocycles. The van der Waals surface area contributed by atoms with E-state index in [1.165, 1.54) is 0 Å². The van der Waals surface area contributed by atoms with E-state index in [9.17, 15) is 4.79 Å². The number of halogens is 2. The van der Waals surface area contributed by atoms with Gasteiger partial charge in [0, 0.05) is 6.54 Å². The second kappa shape index (κ2) is 4.33. The van der Waals surface area contributed by atoms with Gasteiger partial charge in [-0.3, -0.25) is 4.79 Å². The summed E-state index contributed by atoms with van der Waals surface area (Å²) in [6.45, 7) is 0.406. The third-order valence-corrected chi connectivity index (χ3v) is 2.27. The molecule has 4 heteroatoms. The lowest BCUT2D eigenvalue weighted by molar-refractivity contribution is -0.109. The number of nitrogens with one attached hydrogen (secondary N) is 1. The summed E-state index contributed by atoms with van der Waals surface area (Å²) in [6, 6.07) is 5.30. The maximum atomic E-state index is 9.99. The van der Waals surface area contributed by atoms with Gasteiger partial charge >= 0.3 is 0 Å². The molecular formula is C8H7Cl2NO. The van der Waals surface area contributed by atoms with Crippen LogP contribution in [0.25, 0.3) is 0 Å². The fourth-order valence-corrected chi connectivity index (χ4v) is 1.22. The molecule has 1 amide bonds. The van der Waals surface area contributed by atoms with Crippen LogP contribution in [0, 0.1) is 0 Å². The largest absolute Gasteiger partial charge is 0.355 e. The molecule has 0 unspecified atom stereocenters. The molecule has 0 saturated carbocycles. The Morgan fingerprint density at radius 3 is 2.83 bits per heavy atom. The van der Waals surface area contributed by atoms with Crippen LogP contribution in [-0.2, 0) is 11.3 Å². The first-order valence-corrected chi connectivity index (χ1v) is 4.11. The van der Waals surface area contributed by atoms with Gasteiger partial charge in [-0.05, 0) is 11.6 Å². The summed E-state index contributed by atoms with van der Waals surface area (Å²) in [6.07, 6.45) is 0.622. The van der Waals surface area contributed by atoms with Gasteiger partial charge in [0.25, 0.3) is 0 Å². The normalized spacial score (nSPS) is 9.50. The highest BCUT2D eigenvalue weighted by atomic mass is 35.5. The summed E-state index contributed by atoms with van der Waals surface area (Å²) in [5.41, 5.74) is 0.816. The summed E-state index contributed by atoms with van der Waals surface area (Å²) >= 11 is 11.6. The predicted octanol–water partition coefficient (Wildman–Crippen LogP) is 2.24. The maximum absolute atomic E-state index is 9.99. The van der Waals surface area contributed by atoms with Gasteiger partial charge in [0.15, 0.2) is 0 Å². The highest BCUT2D eigenvalue weighted by Crippen LogP contribution is 2.24. The Labute approximate surface area is 80.5 Å². The third-order valence-electron chi connectivity index (χ3n) is 1.41. The molecule has 0 aliphatic carbocycles. The van der Waals surface area contributed by atoms with E-state index in [2.05, 4.69) is 5.32 Å². The van der Waals surface area contributed by atoms with Crippen molar-refractivity contribution >= 4 is 29.6 Å². The van der Waals surface area contributed by atoms with Crippen LogP contribution in [0.1, 0.15) is 5.56 Å². The Hall–Kier alpha value is -0.730. The van der Waals surface area contributed by atoms with Gasteiger partial charge in [0.1, 0.15) is 0 Å². The van der Waals surface area contributed by atoms with E-state index in [0.717, 1.165) is 5.56 Å². The van der Waals surface area contributed by atoms with Crippen molar-refractivity contribution in [3.63, 3.8) is 0 Å². The van der Waals surface area contributed by atoms with Crippen LogP contribution in [0.3, 0.4) is 0 Å². The molecular weight excluding hydrogens is 197 g/mol. The Bertz CT molecular complexity index is 288. The molecule has 1 aromatic rings. The van der Waals surface area contributed by atoms with Crippen LogP contribution < -0.4 is 5.32 Å². The average Bonchev–Trinajstić information content (AvgIpc) is 2.08. The number of amides is 1. The SMILES string of the molecule is O=CNCc1cccc(Cl)c1Cl. The zero-order chi connectivity index (χ0) is 8.97. The highest BCUT2D eigenvalue weighted by Gasteiger charge is 2.02. The Morgan fingerprint density at radius 2 is 2.17 bits per heavy atom. The number of carbonyl (C=O) groups is 1. The maximum Gasteiger partial charge on any atom is 0.207 e. The minimum absolute atomic E-state index is 0.406.